The SMILES string of the molecule is CCC1(CC)CC(=O)c2cc(-c3nc(-c4ccc5nonc5c4)no3)ccc2O1. The van der Waals surface area contributed by atoms with E-state index in [2.05, 4.69) is 20.5 Å². The molecule has 0 saturated carbocycles. The molecule has 1 aliphatic rings. The largest absolute Gasteiger partial charge is 0.486 e. The van der Waals surface area contributed by atoms with Gasteiger partial charge in [-0.25, -0.2) is 4.63 Å². The maximum atomic E-state index is 12.8. The first-order valence-electron chi connectivity index (χ1n) is 9.54. The Morgan fingerprint density at radius 1 is 0.966 bits per heavy atom. The van der Waals surface area contributed by atoms with Crippen LogP contribution in [0.4, 0.5) is 0 Å². The molecule has 0 amide bonds. The third-order valence-electron chi connectivity index (χ3n) is 5.56. The molecule has 0 spiro atoms. The highest BCUT2D eigenvalue weighted by molar-refractivity contribution is 6.01. The number of rotatable bonds is 4. The Labute approximate surface area is 165 Å². The minimum Gasteiger partial charge on any atom is -0.486 e. The average Bonchev–Trinajstić information content (AvgIpc) is 3.42. The zero-order chi connectivity index (χ0) is 20.0. The van der Waals surface area contributed by atoms with Crippen molar-refractivity contribution in [1.29, 1.82) is 0 Å². The van der Waals surface area contributed by atoms with Gasteiger partial charge in [0.2, 0.25) is 5.82 Å². The van der Waals surface area contributed by atoms with Gasteiger partial charge in [0.1, 0.15) is 22.4 Å². The van der Waals surface area contributed by atoms with E-state index in [0.717, 1.165) is 18.4 Å². The molecule has 0 bridgehead atoms. The molecular weight excluding hydrogens is 372 g/mol. The van der Waals surface area contributed by atoms with Crippen LogP contribution in [0.2, 0.25) is 0 Å². The maximum Gasteiger partial charge on any atom is 0.258 e. The molecule has 0 aliphatic carbocycles. The van der Waals surface area contributed by atoms with Gasteiger partial charge in [0.15, 0.2) is 5.78 Å². The summed E-state index contributed by atoms with van der Waals surface area (Å²) in [5.74, 6) is 1.43. The lowest BCUT2D eigenvalue weighted by atomic mass is 9.85. The molecule has 2 aromatic carbocycles. The van der Waals surface area contributed by atoms with E-state index in [9.17, 15) is 4.79 Å². The van der Waals surface area contributed by atoms with Crippen LogP contribution in [0.1, 0.15) is 43.5 Å². The number of carbonyl (C=O) groups excluding carboxylic acids is 1. The first kappa shape index (κ1) is 17.5. The molecule has 4 aromatic rings. The van der Waals surface area contributed by atoms with Crippen molar-refractivity contribution in [2.45, 2.75) is 38.7 Å². The molecule has 0 unspecified atom stereocenters. The molecule has 0 N–H and O–H groups in total. The van der Waals surface area contributed by atoms with Crippen LogP contribution >= 0.6 is 0 Å². The Morgan fingerprint density at radius 2 is 1.76 bits per heavy atom. The summed E-state index contributed by atoms with van der Waals surface area (Å²) in [5, 5.41) is 11.7. The third kappa shape index (κ3) is 2.88. The Balaban J connectivity index is 1.48. The summed E-state index contributed by atoms with van der Waals surface area (Å²) in [6.45, 7) is 4.09. The van der Waals surface area contributed by atoms with E-state index in [1.54, 1.807) is 24.3 Å². The first-order chi connectivity index (χ1) is 14.1. The Hall–Kier alpha value is -3.55. The smallest absolute Gasteiger partial charge is 0.258 e. The molecule has 0 fully saturated rings. The highest BCUT2D eigenvalue weighted by Crippen LogP contribution is 2.39. The molecule has 0 radical (unpaired) electrons. The zero-order valence-electron chi connectivity index (χ0n) is 16.0. The summed E-state index contributed by atoms with van der Waals surface area (Å²) in [6.07, 6.45) is 1.95. The average molecular weight is 390 g/mol. The number of hydrogen-bond acceptors (Lipinski definition) is 8. The fourth-order valence-corrected chi connectivity index (χ4v) is 3.65. The van der Waals surface area contributed by atoms with Gasteiger partial charge in [-0.2, -0.15) is 4.98 Å². The summed E-state index contributed by atoms with van der Waals surface area (Å²) in [6, 6.07) is 10.8. The van der Waals surface area contributed by atoms with E-state index in [4.69, 9.17) is 13.9 Å². The Morgan fingerprint density at radius 3 is 2.59 bits per heavy atom. The van der Waals surface area contributed by atoms with Gasteiger partial charge >= 0.3 is 0 Å². The summed E-state index contributed by atoms with van der Waals surface area (Å²) in [7, 11) is 0. The standard InChI is InChI=1S/C21H18N4O4/c1-3-21(4-2)11-17(26)14-9-13(6-8-18(14)27-21)20-22-19(25-28-20)12-5-7-15-16(10-12)24-29-23-15/h5-10H,3-4,11H2,1-2H3. The normalized spacial score (nSPS) is 15.3. The van der Waals surface area contributed by atoms with Gasteiger partial charge in [-0.15, -0.1) is 0 Å². The number of carbonyl (C=O) groups is 1. The number of nitrogens with zero attached hydrogens (tertiary/aromatic N) is 4. The van der Waals surface area contributed by atoms with Crippen molar-refractivity contribution in [3.8, 4) is 28.6 Å². The molecule has 29 heavy (non-hydrogen) atoms. The molecule has 8 heteroatoms. The number of hydrogen-bond donors (Lipinski definition) is 0. The Kier molecular flexibility index (Phi) is 3.94. The maximum absolute atomic E-state index is 12.8. The lowest BCUT2D eigenvalue weighted by molar-refractivity contribution is 0.0350. The van der Waals surface area contributed by atoms with Crippen LogP contribution in [0.3, 0.4) is 0 Å². The number of ether oxygens (including phenoxy) is 1. The first-order valence-corrected chi connectivity index (χ1v) is 9.54. The quantitative estimate of drug-likeness (QED) is 0.503. The van der Waals surface area contributed by atoms with Gasteiger partial charge in [-0.05, 0) is 59.6 Å². The molecule has 0 saturated heterocycles. The number of benzene rings is 2. The number of aromatic nitrogens is 4. The van der Waals surface area contributed by atoms with Crippen LogP contribution in [0, 0.1) is 0 Å². The minimum atomic E-state index is -0.419. The van der Waals surface area contributed by atoms with Crippen LogP contribution in [0.5, 0.6) is 5.75 Å². The Bertz CT molecular complexity index is 1220. The van der Waals surface area contributed by atoms with Crippen molar-refractivity contribution in [3.63, 3.8) is 0 Å². The highest BCUT2D eigenvalue weighted by atomic mass is 16.6. The summed E-state index contributed by atoms with van der Waals surface area (Å²) >= 11 is 0. The number of ketones is 1. The third-order valence-corrected chi connectivity index (χ3v) is 5.56. The lowest BCUT2D eigenvalue weighted by Gasteiger charge is -2.36. The van der Waals surface area contributed by atoms with Crippen molar-refractivity contribution in [3.05, 3.63) is 42.0 Å². The summed E-state index contributed by atoms with van der Waals surface area (Å²) < 4.78 is 16.3. The van der Waals surface area contributed by atoms with E-state index >= 15 is 0 Å². The molecule has 8 nitrogen and oxygen atoms in total. The molecule has 0 atom stereocenters. The van der Waals surface area contributed by atoms with Gasteiger partial charge in [-0.1, -0.05) is 19.0 Å². The summed E-state index contributed by atoms with van der Waals surface area (Å²) in [4.78, 5) is 17.2. The molecule has 1 aliphatic heterocycles. The van der Waals surface area contributed by atoms with Gasteiger partial charge in [0.05, 0.1) is 12.0 Å². The van der Waals surface area contributed by atoms with Crippen molar-refractivity contribution < 1.29 is 18.7 Å². The van der Waals surface area contributed by atoms with Crippen molar-refractivity contribution >= 4 is 16.8 Å². The summed E-state index contributed by atoms with van der Waals surface area (Å²) in [5.41, 5.74) is 2.80. The van der Waals surface area contributed by atoms with E-state index in [1.807, 2.05) is 26.0 Å². The monoisotopic (exact) mass is 390 g/mol. The lowest BCUT2D eigenvalue weighted by Crippen LogP contribution is -2.40. The predicted molar refractivity (Wildman–Crippen MR) is 103 cm³/mol. The second kappa shape index (κ2) is 6.51. The van der Waals surface area contributed by atoms with Gasteiger partial charge in [0, 0.05) is 11.1 Å². The zero-order valence-corrected chi connectivity index (χ0v) is 16.0. The molecular formula is C21H18N4O4. The van der Waals surface area contributed by atoms with Crippen LogP contribution in [-0.4, -0.2) is 31.8 Å². The van der Waals surface area contributed by atoms with Crippen molar-refractivity contribution in [2.24, 2.45) is 0 Å². The molecule has 2 aromatic heterocycles. The van der Waals surface area contributed by atoms with E-state index in [-0.39, 0.29) is 5.78 Å². The van der Waals surface area contributed by atoms with Crippen molar-refractivity contribution in [2.75, 3.05) is 0 Å². The second-order valence-electron chi connectivity index (χ2n) is 7.19. The van der Waals surface area contributed by atoms with E-state index in [0.29, 0.717) is 46.0 Å². The second-order valence-corrected chi connectivity index (χ2v) is 7.19. The van der Waals surface area contributed by atoms with E-state index in [1.165, 1.54) is 0 Å². The van der Waals surface area contributed by atoms with Gasteiger partial charge in [0.25, 0.3) is 5.89 Å². The fraction of sp³-hybridized carbons (Fsp3) is 0.286. The van der Waals surface area contributed by atoms with Crippen LogP contribution in [-0.2, 0) is 0 Å². The van der Waals surface area contributed by atoms with E-state index < -0.39 is 5.60 Å². The van der Waals surface area contributed by atoms with Crippen LogP contribution in [0.15, 0.2) is 45.6 Å². The number of Topliss-reactive ketones (excluding diaryl/α,β-unsaturated/α-hetero) is 1. The molecule has 3 heterocycles. The van der Waals surface area contributed by atoms with Gasteiger partial charge < -0.3 is 9.26 Å². The highest BCUT2D eigenvalue weighted by Gasteiger charge is 2.37. The topological polar surface area (TPSA) is 104 Å². The minimum absolute atomic E-state index is 0.0699. The van der Waals surface area contributed by atoms with Crippen molar-refractivity contribution in [1.82, 2.24) is 20.5 Å². The van der Waals surface area contributed by atoms with Crippen LogP contribution in [0.25, 0.3) is 33.9 Å². The molecule has 5 rings (SSSR count). The molecule has 146 valence electrons. The van der Waals surface area contributed by atoms with Gasteiger partial charge in [-0.3, -0.25) is 4.79 Å². The number of fused-ring (bicyclic) bond motifs is 2. The fourth-order valence-electron chi connectivity index (χ4n) is 3.65. The van der Waals surface area contributed by atoms with Crippen LogP contribution < -0.4 is 4.74 Å². The predicted octanol–water partition coefficient (Wildman–Crippen LogP) is 4.46.